The Balaban J connectivity index is -0.000000105. The van der Waals surface area contributed by atoms with Crippen LogP contribution in [0, 0.1) is 10.1 Å². The molecule has 0 radical (unpaired) electrons. The van der Waals surface area contributed by atoms with Gasteiger partial charge in [0.15, 0.2) is 5.03 Å². The minimum Gasteiger partial charge on any atom is -0.475 e. The van der Waals surface area contributed by atoms with Crippen molar-refractivity contribution in [2.45, 2.75) is 37.4 Å². The van der Waals surface area contributed by atoms with Crippen LogP contribution >= 0.6 is 0 Å². The standard InChI is InChI=1S/C8H21N7O2.3C2HF3O2.2H2O/c9-3-5-12-6-7(10)2-1-4-13-8(11)14-15(16)17;3*3-2(4,5)1(6)7;;/h7,12H,1-6,9-10H2,(H3,11,13,14);3*(H,6,7);2*1H2/t7-;;;;;/m0...../s1. The molecule has 0 aromatic heterocycles. The first-order valence-electron chi connectivity index (χ1n) is 9.17. The molecule has 0 bridgehead atoms. The van der Waals surface area contributed by atoms with E-state index >= 15 is 0 Å². The molecule has 242 valence electrons. The maximum absolute atomic E-state index is 10.6. The third kappa shape index (κ3) is 41.4. The summed E-state index contributed by atoms with van der Waals surface area (Å²) in [6.07, 6.45) is -13.8. The van der Waals surface area contributed by atoms with Gasteiger partial charge in [0.25, 0.3) is 5.96 Å². The highest BCUT2D eigenvalue weighted by Crippen LogP contribution is 2.14. The van der Waals surface area contributed by atoms with Crippen molar-refractivity contribution in [3.8, 4) is 0 Å². The molecular weight excluding hydrogens is 597 g/mol. The Morgan fingerprint density at radius 3 is 1.45 bits per heavy atom. The quantitative estimate of drug-likeness (QED) is 0.0343. The molecule has 0 rings (SSSR count). The van der Waals surface area contributed by atoms with Crippen LogP contribution in [0.15, 0.2) is 4.99 Å². The van der Waals surface area contributed by atoms with Gasteiger partial charge in [0.1, 0.15) is 0 Å². The number of nitrogens with one attached hydrogen (secondary N) is 2. The maximum Gasteiger partial charge on any atom is 0.490 e. The Kier molecular flexibility index (Phi) is 29.9. The van der Waals surface area contributed by atoms with Gasteiger partial charge in [-0.05, 0) is 12.8 Å². The molecule has 26 heteroatoms. The third-order valence-electron chi connectivity index (χ3n) is 2.68. The van der Waals surface area contributed by atoms with Crippen LogP contribution in [0.3, 0.4) is 0 Å². The van der Waals surface area contributed by atoms with E-state index in [2.05, 4.69) is 10.3 Å². The number of aliphatic carboxylic acids is 3. The number of carboxylic acid groups (broad SMARTS) is 3. The van der Waals surface area contributed by atoms with E-state index in [0.717, 1.165) is 19.4 Å². The summed E-state index contributed by atoms with van der Waals surface area (Å²) in [7, 11) is 0. The highest BCUT2D eigenvalue weighted by molar-refractivity contribution is 5.76. The van der Waals surface area contributed by atoms with Crippen LogP contribution in [0.5, 0.6) is 0 Å². The fourth-order valence-corrected chi connectivity index (χ4v) is 1.17. The number of nitrogens with zero attached hydrogens (tertiary/aromatic N) is 2. The summed E-state index contributed by atoms with van der Waals surface area (Å²) < 4.78 is 95.2. The Labute approximate surface area is 216 Å². The van der Waals surface area contributed by atoms with Gasteiger partial charge in [-0.25, -0.2) is 29.5 Å². The molecule has 0 aliphatic carbocycles. The molecule has 0 aliphatic rings. The van der Waals surface area contributed by atoms with E-state index in [0.29, 0.717) is 19.6 Å². The second kappa shape index (κ2) is 24.3. The number of nitrogens with two attached hydrogens (primary N) is 3. The van der Waals surface area contributed by atoms with Crippen molar-refractivity contribution in [2.75, 3.05) is 26.2 Å². The summed E-state index contributed by atoms with van der Waals surface area (Å²) >= 11 is 0. The number of carbonyl (C=O) groups is 3. The molecule has 0 aromatic carbocycles. The van der Waals surface area contributed by atoms with Crippen molar-refractivity contribution < 1.29 is 85.2 Å². The smallest absolute Gasteiger partial charge is 0.475 e. The number of hydrogen-bond acceptors (Lipinski definition) is 9. The molecule has 17 nitrogen and oxygen atoms in total. The number of guanidine groups is 1. The van der Waals surface area contributed by atoms with Crippen LogP contribution in [-0.2, 0) is 14.4 Å². The maximum atomic E-state index is 10.6. The molecule has 15 N–H and O–H groups in total. The average Bonchev–Trinajstić information content (AvgIpc) is 2.70. The first-order valence-corrected chi connectivity index (χ1v) is 9.17. The van der Waals surface area contributed by atoms with Gasteiger partial charge >= 0.3 is 36.4 Å². The first kappa shape index (κ1) is 49.2. The highest BCUT2D eigenvalue weighted by Gasteiger charge is 2.39. The molecule has 40 heavy (non-hydrogen) atoms. The molecule has 1 atom stereocenters. The monoisotopic (exact) mass is 625 g/mol. The summed E-state index contributed by atoms with van der Waals surface area (Å²) in [5, 5.41) is 33.7. The molecule has 0 aliphatic heterocycles. The number of alkyl halides is 9. The number of nitro groups is 1. The van der Waals surface area contributed by atoms with Gasteiger partial charge in [-0.2, -0.15) is 39.5 Å². The number of carboxylic acids is 3. The van der Waals surface area contributed by atoms with E-state index in [1.54, 1.807) is 5.43 Å². The predicted molar refractivity (Wildman–Crippen MR) is 114 cm³/mol. The number of rotatable bonds is 9. The van der Waals surface area contributed by atoms with Crippen molar-refractivity contribution in [3.05, 3.63) is 10.1 Å². The summed E-state index contributed by atoms with van der Waals surface area (Å²) in [5.74, 6) is -8.46. The van der Waals surface area contributed by atoms with Crippen molar-refractivity contribution in [3.63, 3.8) is 0 Å². The van der Waals surface area contributed by atoms with Crippen LogP contribution in [0.1, 0.15) is 12.8 Å². The lowest BCUT2D eigenvalue weighted by Crippen LogP contribution is -2.37. The topological polar surface area (TPSA) is 333 Å². The minimum absolute atomic E-state index is 0. The van der Waals surface area contributed by atoms with Gasteiger partial charge in [0.05, 0.1) is 0 Å². The van der Waals surface area contributed by atoms with E-state index in [1.807, 2.05) is 0 Å². The van der Waals surface area contributed by atoms with Gasteiger partial charge in [0.2, 0.25) is 0 Å². The largest absolute Gasteiger partial charge is 0.490 e. The fraction of sp³-hybridized carbons (Fsp3) is 0.714. The van der Waals surface area contributed by atoms with Crippen molar-refractivity contribution >= 4 is 23.9 Å². The zero-order valence-electron chi connectivity index (χ0n) is 19.7. The predicted octanol–water partition coefficient (Wildman–Crippen LogP) is -2.01. The molecule has 0 unspecified atom stereocenters. The lowest BCUT2D eigenvalue weighted by atomic mass is 10.1. The van der Waals surface area contributed by atoms with Gasteiger partial charge < -0.3 is 48.8 Å². The Hall–Kier alpha value is -3.75. The van der Waals surface area contributed by atoms with Gasteiger partial charge in [-0.3, -0.25) is 0 Å². The Morgan fingerprint density at radius 2 is 1.20 bits per heavy atom. The van der Waals surface area contributed by atoms with Crippen molar-refractivity contribution in [1.29, 1.82) is 0 Å². The van der Waals surface area contributed by atoms with E-state index < -0.39 is 41.5 Å². The molecule has 0 heterocycles. The number of aliphatic imine (C=N–C) groups is 1. The lowest BCUT2D eigenvalue weighted by Gasteiger charge is -2.11. The minimum atomic E-state index is -5.08. The average molecular weight is 625 g/mol. The van der Waals surface area contributed by atoms with Crippen LogP contribution < -0.4 is 27.9 Å². The van der Waals surface area contributed by atoms with Gasteiger partial charge in [-0.15, -0.1) is 0 Å². The Bertz CT molecular complexity index is 694. The van der Waals surface area contributed by atoms with Crippen LogP contribution in [0.4, 0.5) is 39.5 Å². The normalized spacial score (nSPS) is 11.6. The SMILES string of the molecule is NCCNC[C@@H](N)CCCN=C(N)N[N+](=O)[O-].O.O.O=C(O)C(F)(F)F.O=C(O)C(F)(F)F.O=C(O)C(F)(F)F. The second-order valence-electron chi connectivity index (χ2n) is 5.94. The van der Waals surface area contributed by atoms with E-state index in [4.69, 9.17) is 46.9 Å². The second-order valence-corrected chi connectivity index (χ2v) is 5.94. The molecule has 0 saturated heterocycles. The van der Waals surface area contributed by atoms with Gasteiger partial charge in [0, 0.05) is 32.2 Å². The lowest BCUT2D eigenvalue weighted by molar-refractivity contribution is -0.525. The number of hydrazine groups is 1. The molecule has 0 amide bonds. The zero-order chi connectivity index (χ0) is 31.3. The molecule has 0 fully saturated rings. The molecule has 0 aromatic rings. The van der Waals surface area contributed by atoms with Crippen LogP contribution in [-0.4, -0.2) is 106 Å². The third-order valence-corrected chi connectivity index (χ3v) is 2.68. The highest BCUT2D eigenvalue weighted by atomic mass is 19.4. The summed E-state index contributed by atoms with van der Waals surface area (Å²) in [5.41, 5.74) is 18.1. The fourth-order valence-electron chi connectivity index (χ4n) is 1.17. The van der Waals surface area contributed by atoms with Gasteiger partial charge in [-0.1, -0.05) is 5.43 Å². The van der Waals surface area contributed by atoms with E-state index in [-0.39, 0.29) is 23.0 Å². The van der Waals surface area contributed by atoms with E-state index in [1.165, 1.54) is 0 Å². The Morgan fingerprint density at radius 1 is 0.875 bits per heavy atom. The summed E-state index contributed by atoms with van der Waals surface area (Å²) in [6.45, 7) is 2.44. The van der Waals surface area contributed by atoms with Crippen molar-refractivity contribution in [2.24, 2.45) is 22.2 Å². The summed E-state index contributed by atoms with van der Waals surface area (Å²) in [6, 6.07) is 0.0291. The molecule has 0 saturated carbocycles. The van der Waals surface area contributed by atoms with Crippen LogP contribution in [0.2, 0.25) is 0 Å². The van der Waals surface area contributed by atoms with Crippen LogP contribution in [0.25, 0.3) is 0 Å². The number of halogens is 9. The molecular formula is C14H28F9N7O10. The number of hydrogen-bond donors (Lipinski definition) is 8. The molecule has 0 spiro atoms. The first-order chi connectivity index (χ1) is 16.9. The van der Waals surface area contributed by atoms with Crippen molar-refractivity contribution in [1.82, 2.24) is 10.7 Å². The van der Waals surface area contributed by atoms with E-state index in [9.17, 15) is 49.6 Å². The zero-order valence-corrected chi connectivity index (χ0v) is 19.7. The summed E-state index contributed by atoms with van der Waals surface area (Å²) in [4.78, 5) is 40.5.